The van der Waals surface area contributed by atoms with Crippen LogP contribution in [0, 0.1) is 11.8 Å². The van der Waals surface area contributed by atoms with Gasteiger partial charge in [-0.2, -0.15) is 0 Å². The third kappa shape index (κ3) is 4.39. The van der Waals surface area contributed by atoms with Crippen LogP contribution in [-0.2, 0) is 11.8 Å². The lowest BCUT2D eigenvalue weighted by molar-refractivity contribution is 0.00321. The van der Waals surface area contributed by atoms with E-state index in [2.05, 4.69) is 52.3 Å². The van der Waals surface area contributed by atoms with Crippen LogP contribution in [0.2, 0.25) is 0 Å². The summed E-state index contributed by atoms with van der Waals surface area (Å²) in [6, 6.07) is 8.41. The standard InChI is InChI=1S/C31H41N7O2/c1-30(9-3-10-30)20-5-6-22-23(13-20)37-25(36-22)7-4-18-14-31(2,15-18)35-16-19-12-24(27(40)26(19)39)38-11-8-21-28(32)33-17-34-29(21)38/h5-6,8,11,13,17-19,24,26-27,35,39-40H,3-4,7,9-10,12,14-16H2,1-2H3,(H,36,37)(H2,32,33,34)/t18-,19-,24-,26-,27+,31-/m1/s1. The van der Waals surface area contributed by atoms with E-state index in [1.807, 2.05) is 16.8 Å². The van der Waals surface area contributed by atoms with Gasteiger partial charge < -0.3 is 30.8 Å². The smallest absolute Gasteiger partial charge is 0.145 e. The molecule has 1 aromatic carbocycles. The molecule has 3 fully saturated rings. The predicted molar refractivity (Wildman–Crippen MR) is 156 cm³/mol. The Morgan fingerprint density at radius 2 is 1.95 bits per heavy atom. The van der Waals surface area contributed by atoms with E-state index in [4.69, 9.17) is 10.7 Å². The quantitative estimate of drug-likeness (QED) is 0.226. The van der Waals surface area contributed by atoms with Gasteiger partial charge in [0.15, 0.2) is 0 Å². The molecule has 9 heteroatoms. The molecule has 0 aliphatic heterocycles. The number of nitrogens with one attached hydrogen (secondary N) is 2. The molecule has 0 unspecified atom stereocenters. The molecule has 3 aliphatic rings. The second kappa shape index (κ2) is 9.53. The lowest BCUT2D eigenvalue weighted by Crippen LogP contribution is -2.54. The lowest BCUT2D eigenvalue weighted by atomic mass is 9.66. The summed E-state index contributed by atoms with van der Waals surface area (Å²) in [5.74, 6) is 2.15. The van der Waals surface area contributed by atoms with Gasteiger partial charge in [0.2, 0.25) is 0 Å². The van der Waals surface area contributed by atoms with E-state index in [9.17, 15) is 10.2 Å². The van der Waals surface area contributed by atoms with Gasteiger partial charge in [0.25, 0.3) is 0 Å². The first kappa shape index (κ1) is 25.9. The minimum absolute atomic E-state index is 0.0323. The van der Waals surface area contributed by atoms with Crippen LogP contribution in [-0.4, -0.2) is 59.0 Å². The summed E-state index contributed by atoms with van der Waals surface area (Å²) in [6.07, 6.45) is 10.6. The summed E-state index contributed by atoms with van der Waals surface area (Å²) in [6.45, 7) is 5.33. The summed E-state index contributed by atoms with van der Waals surface area (Å²) < 4.78 is 1.94. The van der Waals surface area contributed by atoms with Crippen molar-refractivity contribution in [3.05, 3.63) is 48.2 Å². The number of nitrogen functional groups attached to an aromatic ring is 1. The fourth-order valence-corrected chi connectivity index (χ4v) is 7.67. The van der Waals surface area contributed by atoms with Crippen molar-refractivity contribution in [3.63, 3.8) is 0 Å². The molecule has 3 aliphatic carbocycles. The van der Waals surface area contributed by atoms with E-state index in [0.29, 0.717) is 35.8 Å². The van der Waals surface area contributed by atoms with Crippen molar-refractivity contribution in [1.82, 2.24) is 29.8 Å². The van der Waals surface area contributed by atoms with Crippen molar-refractivity contribution < 1.29 is 10.2 Å². The minimum Gasteiger partial charge on any atom is -0.390 e. The van der Waals surface area contributed by atoms with E-state index >= 15 is 0 Å². The zero-order valence-electron chi connectivity index (χ0n) is 23.5. The average molecular weight is 544 g/mol. The Balaban J connectivity index is 0.917. The van der Waals surface area contributed by atoms with Gasteiger partial charge in [-0.1, -0.05) is 19.4 Å². The molecule has 9 nitrogen and oxygen atoms in total. The maximum absolute atomic E-state index is 10.9. The topological polar surface area (TPSA) is 138 Å². The van der Waals surface area contributed by atoms with Crippen LogP contribution in [0.3, 0.4) is 0 Å². The van der Waals surface area contributed by atoms with Crippen molar-refractivity contribution >= 4 is 27.9 Å². The number of imidazole rings is 1. The highest BCUT2D eigenvalue weighted by Gasteiger charge is 2.45. The lowest BCUT2D eigenvalue weighted by Gasteiger charge is -2.47. The molecule has 4 aromatic rings. The number of aryl methyl sites for hydroxylation is 1. The number of aliphatic hydroxyl groups is 2. The number of aromatic nitrogens is 5. The van der Waals surface area contributed by atoms with Gasteiger partial charge in [0, 0.05) is 30.6 Å². The van der Waals surface area contributed by atoms with E-state index in [-0.39, 0.29) is 17.5 Å². The zero-order valence-corrected chi connectivity index (χ0v) is 23.5. The van der Waals surface area contributed by atoms with E-state index in [1.165, 1.54) is 31.2 Å². The van der Waals surface area contributed by atoms with Gasteiger partial charge in [-0.15, -0.1) is 0 Å². The molecular formula is C31H41N7O2. The fourth-order valence-electron chi connectivity index (χ4n) is 7.67. The average Bonchev–Trinajstić information content (AvgIpc) is 3.59. The van der Waals surface area contributed by atoms with Crippen LogP contribution in [0.4, 0.5) is 5.82 Å². The first-order valence-electron chi connectivity index (χ1n) is 14.9. The van der Waals surface area contributed by atoms with Crippen LogP contribution in [0.5, 0.6) is 0 Å². The summed E-state index contributed by atoms with van der Waals surface area (Å²) in [5, 5.41) is 26.3. The number of hydrogen-bond acceptors (Lipinski definition) is 7. The summed E-state index contributed by atoms with van der Waals surface area (Å²) in [5.41, 5.74) is 10.8. The number of nitrogens with two attached hydrogens (primary N) is 1. The number of benzene rings is 1. The Bertz CT molecular complexity index is 1530. The van der Waals surface area contributed by atoms with Gasteiger partial charge in [0.05, 0.1) is 28.6 Å². The molecule has 3 aromatic heterocycles. The molecule has 7 rings (SSSR count). The van der Waals surface area contributed by atoms with Crippen molar-refractivity contribution in [1.29, 1.82) is 0 Å². The molecule has 6 N–H and O–H groups in total. The Morgan fingerprint density at radius 1 is 1.12 bits per heavy atom. The number of rotatable bonds is 8. The molecule has 40 heavy (non-hydrogen) atoms. The molecular weight excluding hydrogens is 502 g/mol. The molecule has 0 bridgehead atoms. The van der Waals surface area contributed by atoms with Gasteiger partial charge in [0.1, 0.15) is 29.7 Å². The number of aliphatic hydroxyl groups excluding tert-OH is 2. The van der Waals surface area contributed by atoms with Gasteiger partial charge in [-0.3, -0.25) is 0 Å². The number of H-pyrrole nitrogens is 1. The highest BCUT2D eigenvalue weighted by molar-refractivity contribution is 5.86. The normalized spacial score (nSPS) is 31.4. The number of aromatic amines is 1. The second-order valence-corrected chi connectivity index (χ2v) is 13.3. The number of fused-ring (bicyclic) bond motifs is 2. The Morgan fingerprint density at radius 3 is 2.73 bits per heavy atom. The van der Waals surface area contributed by atoms with Crippen molar-refractivity contribution in [3.8, 4) is 0 Å². The molecule has 212 valence electrons. The fraction of sp³-hybridized carbons (Fsp3) is 0.581. The molecule has 3 heterocycles. The first-order chi connectivity index (χ1) is 19.2. The van der Waals surface area contributed by atoms with Crippen LogP contribution >= 0.6 is 0 Å². The van der Waals surface area contributed by atoms with Crippen LogP contribution in [0.25, 0.3) is 22.1 Å². The Labute approximate surface area is 234 Å². The van der Waals surface area contributed by atoms with Crippen LogP contribution < -0.4 is 11.1 Å². The third-order valence-electron chi connectivity index (χ3n) is 10.4. The van der Waals surface area contributed by atoms with Crippen molar-refractivity contribution in [2.24, 2.45) is 11.8 Å². The zero-order chi connectivity index (χ0) is 27.6. The van der Waals surface area contributed by atoms with Crippen molar-refractivity contribution in [2.75, 3.05) is 12.3 Å². The summed E-state index contributed by atoms with van der Waals surface area (Å²) in [4.78, 5) is 16.9. The number of anilines is 1. The van der Waals surface area contributed by atoms with E-state index in [0.717, 1.165) is 47.9 Å². The van der Waals surface area contributed by atoms with Gasteiger partial charge in [-0.25, -0.2) is 15.0 Å². The summed E-state index contributed by atoms with van der Waals surface area (Å²) in [7, 11) is 0. The maximum Gasteiger partial charge on any atom is 0.145 e. The largest absolute Gasteiger partial charge is 0.390 e. The van der Waals surface area contributed by atoms with Crippen molar-refractivity contribution in [2.45, 2.75) is 94.4 Å². The van der Waals surface area contributed by atoms with E-state index in [1.54, 1.807) is 0 Å². The molecule has 3 saturated carbocycles. The Hall–Kier alpha value is -3.01. The highest BCUT2D eigenvalue weighted by atomic mass is 16.3. The predicted octanol–water partition coefficient (Wildman–Crippen LogP) is 4.01. The molecule has 0 saturated heterocycles. The van der Waals surface area contributed by atoms with Crippen LogP contribution in [0.15, 0.2) is 36.8 Å². The molecule has 0 amide bonds. The van der Waals surface area contributed by atoms with E-state index < -0.39 is 12.2 Å². The SMILES string of the molecule is CC1(c2ccc3[nH]c(CC[C@H]4C[C@](C)(NC[C@H]5C[C@@H](n6ccc7c(N)ncnc76)[C@H](O)[C@@H]5O)C4)nc3c2)CCC1. The molecule has 4 atom stereocenters. The van der Waals surface area contributed by atoms with Gasteiger partial charge >= 0.3 is 0 Å². The number of hydrogen-bond donors (Lipinski definition) is 5. The third-order valence-corrected chi connectivity index (χ3v) is 10.4. The monoisotopic (exact) mass is 543 g/mol. The highest BCUT2D eigenvalue weighted by Crippen LogP contribution is 2.44. The Kier molecular flexibility index (Phi) is 6.18. The van der Waals surface area contributed by atoms with Gasteiger partial charge in [-0.05, 0) is 80.5 Å². The molecule has 0 spiro atoms. The summed E-state index contributed by atoms with van der Waals surface area (Å²) >= 11 is 0. The first-order valence-corrected chi connectivity index (χ1v) is 14.9. The number of nitrogens with zero attached hydrogens (tertiary/aromatic N) is 4. The maximum atomic E-state index is 10.9. The minimum atomic E-state index is -0.850. The molecule has 0 radical (unpaired) electrons. The van der Waals surface area contributed by atoms with Crippen LogP contribution in [0.1, 0.15) is 76.2 Å². The second-order valence-electron chi connectivity index (χ2n) is 13.3.